The van der Waals surface area contributed by atoms with Crippen molar-refractivity contribution in [3.05, 3.63) is 48.3 Å². The number of anilines is 1. The smallest absolute Gasteiger partial charge is 0.247 e. The van der Waals surface area contributed by atoms with Crippen molar-refractivity contribution in [3.63, 3.8) is 0 Å². The molecule has 1 fully saturated rings. The Hall–Kier alpha value is -3.23. The number of carbonyl (C=O) groups is 1. The summed E-state index contributed by atoms with van der Waals surface area (Å²) >= 11 is 0. The molecule has 3 aromatic rings. The van der Waals surface area contributed by atoms with E-state index in [-0.39, 0.29) is 11.9 Å². The molecule has 0 radical (unpaired) electrons. The number of hydrogen-bond donors (Lipinski definition) is 0. The highest BCUT2D eigenvalue weighted by Crippen LogP contribution is 2.18. The van der Waals surface area contributed by atoms with Crippen LogP contribution in [0, 0.1) is 13.8 Å². The third kappa shape index (κ3) is 3.47. The van der Waals surface area contributed by atoms with E-state index >= 15 is 0 Å². The van der Waals surface area contributed by atoms with Crippen LogP contribution in [-0.4, -0.2) is 66.5 Å². The van der Waals surface area contributed by atoms with Crippen LogP contribution in [0.15, 0.2) is 36.9 Å². The van der Waals surface area contributed by atoms with E-state index in [1.165, 1.54) is 0 Å². The lowest BCUT2D eigenvalue weighted by molar-refractivity contribution is -0.134. The van der Waals surface area contributed by atoms with Crippen LogP contribution in [0.25, 0.3) is 5.82 Å². The normalized spacial score (nSPS) is 15.7. The van der Waals surface area contributed by atoms with Crippen molar-refractivity contribution in [1.29, 1.82) is 0 Å². The molecule has 0 N–H and O–H groups in total. The largest absolute Gasteiger partial charge is 0.353 e. The summed E-state index contributed by atoms with van der Waals surface area (Å²) in [6.45, 7) is 8.62. The Morgan fingerprint density at radius 2 is 1.82 bits per heavy atom. The zero-order valence-electron chi connectivity index (χ0n) is 16.4. The van der Waals surface area contributed by atoms with Gasteiger partial charge in [-0.25, -0.2) is 14.6 Å². The molecule has 1 aliphatic rings. The van der Waals surface area contributed by atoms with Gasteiger partial charge in [0.1, 0.15) is 18.2 Å². The molecule has 9 nitrogen and oxygen atoms in total. The van der Waals surface area contributed by atoms with Gasteiger partial charge in [-0.3, -0.25) is 9.48 Å². The predicted octanol–water partition coefficient (Wildman–Crippen LogP) is 1.39. The Kier molecular flexibility index (Phi) is 4.81. The van der Waals surface area contributed by atoms with E-state index in [2.05, 4.69) is 25.1 Å². The molecule has 1 atom stereocenters. The van der Waals surface area contributed by atoms with Crippen molar-refractivity contribution in [3.8, 4) is 5.82 Å². The first-order valence-electron chi connectivity index (χ1n) is 9.41. The second-order valence-electron chi connectivity index (χ2n) is 7.05. The summed E-state index contributed by atoms with van der Waals surface area (Å²) in [7, 11) is 0. The highest BCUT2D eigenvalue weighted by atomic mass is 16.2. The van der Waals surface area contributed by atoms with Gasteiger partial charge in [-0.1, -0.05) is 0 Å². The molecule has 1 saturated heterocycles. The summed E-state index contributed by atoms with van der Waals surface area (Å²) in [5, 5.41) is 8.67. The van der Waals surface area contributed by atoms with Crippen molar-refractivity contribution in [2.24, 2.45) is 0 Å². The van der Waals surface area contributed by atoms with E-state index in [0.717, 1.165) is 36.1 Å². The van der Waals surface area contributed by atoms with Gasteiger partial charge >= 0.3 is 0 Å². The highest BCUT2D eigenvalue weighted by molar-refractivity contribution is 5.80. The summed E-state index contributed by atoms with van der Waals surface area (Å²) in [4.78, 5) is 25.6. The van der Waals surface area contributed by atoms with Crippen LogP contribution in [0.3, 0.4) is 0 Å². The van der Waals surface area contributed by atoms with Crippen LogP contribution in [0.1, 0.15) is 24.4 Å². The lowest BCUT2D eigenvalue weighted by Crippen LogP contribution is -2.50. The van der Waals surface area contributed by atoms with Gasteiger partial charge in [-0.05, 0) is 32.9 Å². The summed E-state index contributed by atoms with van der Waals surface area (Å²) < 4.78 is 3.52. The van der Waals surface area contributed by atoms with Gasteiger partial charge in [0.2, 0.25) is 5.91 Å². The average Bonchev–Trinajstić information content (AvgIpc) is 3.36. The van der Waals surface area contributed by atoms with Crippen molar-refractivity contribution in [2.75, 3.05) is 31.1 Å². The van der Waals surface area contributed by atoms with Crippen molar-refractivity contribution >= 4 is 11.7 Å². The lowest BCUT2D eigenvalue weighted by Gasteiger charge is -2.36. The Bertz CT molecular complexity index is 956. The van der Waals surface area contributed by atoms with Crippen LogP contribution in [-0.2, 0) is 4.79 Å². The van der Waals surface area contributed by atoms with E-state index in [4.69, 9.17) is 0 Å². The number of aromatic nitrogens is 6. The van der Waals surface area contributed by atoms with Gasteiger partial charge in [0.05, 0.1) is 5.69 Å². The van der Waals surface area contributed by atoms with Crippen LogP contribution in [0.5, 0.6) is 0 Å². The summed E-state index contributed by atoms with van der Waals surface area (Å²) in [5.74, 6) is 1.69. The molecule has 1 aliphatic heterocycles. The van der Waals surface area contributed by atoms with E-state index in [9.17, 15) is 4.79 Å². The average molecular weight is 380 g/mol. The van der Waals surface area contributed by atoms with Crippen LogP contribution >= 0.6 is 0 Å². The van der Waals surface area contributed by atoms with E-state index < -0.39 is 0 Å². The topological polar surface area (TPSA) is 85.0 Å². The number of nitrogens with zero attached hydrogens (tertiary/aromatic N) is 8. The maximum absolute atomic E-state index is 12.7. The molecule has 1 unspecified atom stereocenters. The van der Waals surface area contributed by atoms with Crippen molar-refractivity contribution < 1.29 is 4.79 Å². The molecule has 1 amide bonds. The predicted molar refractivity (Wildman–Crippen MR) is 104 cm³/mol. The zero-order valence-corrected chi connectivity index (χ0v) is 16.4. The minimum Gasteiger partial charge on any atom is -0.353 e. The minimum absolute atomic E-state index is 0.0920. The van der Waals surface area contributed by atoms with E-state index in [1.807, 2.05) is 54.7 Å². The zero-order chi connectivity index (χ0) is 19.7. The molecule has 0 aliphatic carbocycles. The highest BCUT2D eigenvalue weighted by Gasteiger charge is 2.26. The number of carbonyl (C=O) groups excluding carboxylic acids is 1. The molecule has 4 heterocycles. The molecule has 0 spiro atoms. The van der Waals surface area contributed by atoms with Gasteiger partial charge in [-0.2, -0.15) is 10.2 Å². The Balaban J connectivity index is 1.43. The van der Waals surface area contributed by atoms with Crippen LogP contribution < -0.4 is 4.90 Å². The molecular formula is C19H24N8O. The maximum Gasteiger partial charge on any atom is 0.247 e. The van der Waals surface area contributed by atoms with Gasteiger partial charge in [0.25, 0.3) is 0 Å². The first kappa shape index (κ1) is 18.1. The minimum atomic E-state index is -0.293. The molecule has 0 saturated carbocycles. The van der Waals surface area contributed by atoms with E-state index in [0.29, 0.717) is 13.1 Å². The maximum atomic E-state index is 12.7. The van der Waals surface area contributed by atoms with Crippen molar-refractivity contribution in [2.45, 2.75) is 26.8 Å². The Labute approximate surface area is 163 Å². The number of piperazine rings is 1. The summed E-state index contributed by atoms with van der Waals surface area (Å²) in [6, 6.07) is 5.51. The fourth-order valence-electron chi connectivity index (χ4n) is 3.53. The molecule has 4 rings (SSSR count). The van der Waals surface area contributed by atoms with Crippen molar-refractivity contribution in [1.82, 2.24) is 34.4 Å². The molecule has 0 bridgehead atoms. The molecular weight excluding hydrogens is 356 g/mol. The second-order valence-corrected chi connectivity index (χ2v) is 7.05. The SMILES string of the molecule is Cc1cc(C)n(-c2cc(N3CCN(C(=O)C(C)n4cccn4)CC3)ncn2)n1. The first-order valence-corrected chi connectivity index (χ1v) is 9.41. The molecule has 3 aromatic heterocycles. The second kappa shape index (κ2) is 7.41. The Morgan fingerprint density at radius 1 is 1.07 bits per heavy atom. The Morgan fingerprint density at radius 3 is 2.46 bits per heavy atom. The quantitative estimate of drug-likeness (QED) is 0.680. The molecule has 146 valence electrons. The summed E-state index contributed by atoms with van der Waals surface area (Å²) in [6.07, 6.45) is 5.08. The number of rotatable bonds is 4. The number of aryl methyl sites for hydroxylation is 2. The van der Waals surface area contributed by atoms with Gasteiger partial charge < -0.3 is 9.80 Å². The van der Waals surface area contributed by atoms with Gasteiger partial charge in [-0.15, -0.1) is 0 Å². The monoisotopic (exact) mass is 380 g/mol. The molecule has 0 aromatic carbocycles. The fourth-order valence-corrected chi connectivity index (χ4v) is 3.53. The lowest BCUT2D eigenvalue weighted by atomic mass is 10.2. The third-order valence-corrected chi connectivity index (χ3v) is 5.06. The first-order chi connectivity index (χ1) is 13.5. The van der Waals surface area contributed by atoms with Gasteiger partial charge in [0, 0.05) is 50.3 Å². The summed E-state index contributed by atoms with van der Waals surface area (Å²) in [5.41, 5.74) is 1.99. The standard InChI is InChI=1S/C19H24N8O/c1-14-11-15(2)27(23-14)18-12-17(20-13-21-18)24-7-9-25(10-8-24)19(28)16(3)26-6-4-5-22-26/h4-6,11-13,16H,7-10H2,1-3H3. The fraction of sp³-hybridized carbons (Fsp3) is 0.421. The van der Waals surface area contributed by atoms with Crippen LogP contribution in [0.2, 0.25) is 0 Å². The van der Waals surface area contributed by atoms with Crippen LogP contribution in [0.4, 0.5) is 5.82 Å². The van der Waals surface area contributed by atoms with E-state index in [1.54, 1.807) is 17.2 Å². The molecule has 28 heavy (non-hydrogen) atoms. The van der Waals surface area contributed by atoms with Gasteiger partial charge in [0.15, 0.2) is 5.82 Å². The molecule has 9 heteroatoms. The number of hydrogen-bond acceptors (Lipinski definition) is 6. The third-order valence-electron chi connectivity index (χ3n) is 5.06. The number of amides is 1.